The average molecular weight is 519 g/mol. The number of ether oxygens (including phenoxy) is 3. The highest BCUT2D eigenvalue weighted by Crippen LogP contribution is 2.39. The van der Waals surface area contributed by atoms with Crippen LogP contribution in [-0.4, -0.2) is 49.3 Å². The summed E-state index contributed by atoms with van der Waals surface area (Å²) in [5.74, 6) is 0.563. The lowest BCUT2D eigenvalue weighted by atomic mass is 10.2. The molecule has 168 valence electrons. The van der Waals surface area contributed by atoms with E-state index in [1.807, 2.05) is 26.0 Å². The molecule has 0 aliphatic carbocycles. The number of methoxy groups -OCH3 is 2. The first kappa shape index (κ1) is 23.9. The van der Waals surface area contributed by atoms with E-state index in [0.717, 1.165) is 10.0 Å². The lowest BCUT2D eigenvalue weighted by molar-refractivity contribution is -0.121. The topological polar surface area (TPSA) is 77.4 Å². The van der Waals surface area contributed by atoms with Crippen LogP contribution in [0.1, 0.15) is 29.8 Å². The maximum absolute atomic E-state index is 12.8. The van der Waals surface area contributed by atoms with Gasteiger partial charge in [-0.1, -0.05) is 6.07 Å². The van der Waals surface area contributed by atoms with Gasteiger partial charge < -0.3 is 14.2 Å². The molecule has 1 fully saturated rings. The van der Waals surface area contributed by atoms with E-state index in [1.165, 1.54) is 23.8 Å². The van der Waals surface area contributed by atoms with E-state index in [9.17, 15) is 9.59 Å². The van der Waals surface area contributed by atoms with Gasteiger partial charge in [-0.2, -0.15) is 0 Å². The van der Waals surface area contributed by atoms with E-state index in [4.69, 9.17) is 14.2 Å². The van der Waals surface area contributed by atoms with Crippen LogP contribution in [-0.2, 0) is 9.53 Å². The third-order valence-electron chi connectivity index (χ3n) is 4.40. The van der Waals surface area contributed by atoms with Gasteiger partial charge in [-0.05, 0) is 83.5 Å². The molecule has 1 aliphatic heterocycles. The zero-order valence-electron chi connectivity index (χ0n) is 18.3. The Hall–Kier alpha value is -2.78. The highest BCUT2D eigenvalue weighted by Gasteiger charge is 2.30. The minimum absolute atomic E-state index is 0.0125. The number of hydrogen-bond acceptors (Lipinski definition) is 7. The van der Waals surface area contributed by atoms with Gasteiger partial charge in [0.15, 0.2) is 16.7 Å². The van der Waals surface area contributed by atoms with Gasteiger partial charge in [-0.15, -0.1) is 0 Å². The third-order valence-corrected chi connectivity index (χ3v) is 6.05. The first-order chi connectivity index (χ1) is 15.2. The number of amidine groups is 1. The fraction of sp³-hybridized carbons (Fsp3) is 0.261. The molecule has 0 bridgehead atoms. The minimum Gasteiger partial charge on any atom is -0.493 e. The monoisotopic (exact) mass is 518 g/mol. The number of amides is 1. The molecule has 1 amide bonds. The SMILES string of the molecule is COC(=O)c1cccc(N=C2SC(=Cc3cc(Br)c(OC(C)C)c(OC)c3)C(=O)N2C)c1. The van der Waals surface area contributed by atoms with Crippen molar-refractivity contribution in [3.8, 4) is 11.5 Å². The molecular weight excluding hydrogens is 496 g/mol. The Kier molecular flexibility index (Phi) is 7.63. The molecule has 0 spiro atoms. The maximum Gasteiger partial charge on any atom is 0.337 e. The second-order valence-corrected chi connectivity index (χ2v) is 8.98. The number of likely N-dealkylation sites (N-methyl/N-ethyl adjacent to an activating group) is 1. The highest BCUT2D eigenvalue weighted by atomic mass is 79.9. The van der Waals surface area contributed by atoms with Crippen LogP contribution in [0, 0.1) is 0 Å². The summed E-state index contributed by atoms with van der Waals surface area (Å²) in [4.78, 5) is 31.1. The van der Waals surface area contributed by atoms with E-state index >= 15 is 0 Å². The summed E-state index contributed by atoms with van der Waals surface area (Å²) < 4.78 is 16.8. The zero-order valence-corrected chi connectivity index (χ0v) is 20.7. The van der Waals surface area contributed by atoms with Gasteiger partial charge in [0.25, 0.3) is 5.91 Å². The molecule has 0 saturated carbocycles. The first-order valence-corrected chi connectivity index (χ1v) is 11.3. The number of hydrogen-bond donors (Lipinski definition) is 0. The molecule has 7 nitrogen and oxygen atoms in total. The normalized spacial score (nSPS) is 16.2. The van der Waals surface area contributed by atoms with E-state index in [0.29, 0.717) is 32.8 Å². The smallest absolute Gasteiger partial charge is 0.337 e. The number of thioether (sulfide) groups is 1. The largest absolute Gasteiger partial charge is 0.493 e. The summed E-state index contributed by atoms with van der Waals surface area (Å²) in [6, 6.07) is 10.4. The average Bonchev–Trinajstić information content (AvgIpc) is 3.02. The van der Waals surface area contributed by atoms with Crippen molar-refractivity contribution in [1.82, 2.24) is 4.90 Å². The second-order valence-electron chi connectivity index (χ2n) is 7.11. The Bertz CT molecular complexity index is 1110. The van der Waals surface area contributed by atoms with E-state index in [2.05, 4.69) is 20.9 Å². The third kappa shape index (κ3) is 5.34. The van der Waals surface area contributed by atoms with Gasteiger partial charge in [-0.3, -0.25) is 9.69 Å². The van der Waals surface area contributed by atoms with Gasteiger partial charge in [0, 0.05) is 7.05 Å². The number of halogens is 1. The number of carbonyl (C=O) groups is 2. The Morgan fingerprint density at radius 1 is 1.22 bits per heavy atom. The molecule has 1 aliphatic rings. The van der Waals surface area contributed by atoms with Crippen LogP contribution in [0.4, 0.5) is 5.69 Å². The van der Waals surface area contributed by atoms with Crippen molar-refractivity contribution in [3.63, 3.8) is 0 Å². The number of rotatable bonds is 6. The van der Waals surface area contributed by atoms with Crippen LogP contribution in [0.15, 0.2) is 50.8 Å². The molecule has 0 unspecified atom stereocenters. The highest BCUT2D eigenvalue weighted by molar-refractivity contribution is 9.10. The predicted molar refractivity (Wildman–Crippen MR) is 130 cm³/mol. The summed E-state index contributed by atoms with van der Waals surface area (Å²) >= 11 is 4.78. The summed E-state index contributed by atoms with van der Waals surface area (Å²) in [5.41, 5.74) is 1.72. The van der Waals surface area contributed by atoms with Crippen molar-refractivity contribution in [2.24, 2.45) is 4.99 Å². The van der Waals surface area contributed by atoms with Crippen LogP contribution in [0.25, 0.3) is 6.08 Å². The van der Waals surface area contributed by atoms with Crippen LogP contribution in [0.3, 0.4) is 0 Å². The summed E-state index contributed by atoms with van der Waals surface area (Å²) in [7, 11) is 4.56. The van der Waals surface area contributed by atoms with Crippen LogP contribution >= 0.6 is 27.7 Å². The molecule has 0 radical (unpaired) electrons. The van der Waals surface area contributed by atoms with Crippen molar-refractivity contribution in [1.29, 1.82) is 0 Å². The number of benzene rings is 2. The second kappa shape index (κ2) is 10.2. The number of nitrogens with zero attached hydrogens (tertiary/aromatic N) is 2. The fourth-order valence-electron chi connectivity index (χ4n) is 2.91. The molecule has 2 aromatic carbocycles. The molecular formula is C23H23BrN2O5S. The molecule has 0 atom stereocenters. The van der Waals surface area contributed by atoms with E-state index in [1.54, 1.807) is 44.5 Å². The minimum atomic E-state index is -0.444. The van der Waals surface area contributed by atoms with Crippen molar-refractivity contribution in [3.05, 3.63) is 56.9 Å². The molecule has 1 heterocycles. The molecule has 1 saturated heterocycles. The molecule has 32 heavy (non-hydrogen) atoms. The van der Waals surface area contributed by atoms with Crippen LogP contribution in [0.2, 0.25) is 0 Å². The van der Waals surface area contributed by atoms with Crippen molar-refractivity contribution >= 4 is 56.5 Å². The number of esters is 1. The summed E-state index contributed by atoms with van der Waals surface area (Å²) in [5, 5.41) is 0.508. The molecule has 9 heteroatoms. The van der Waals surface area contributed by atoms with Gasteiger partial charge in [0.1, 0.15) is 0 Å². The molecule has 3 rings (SSSR count). The fourth-order valence-corrected chi connectivity index (χ4v) is 4.45. The Balaban J connectivity index is 1.91. The van der Waals surface area contributed by atoms with Gasteiger partial charge in [0.05, 0.1) is 41.0 Å². The number of carbonyl (C=O) groups excluding carboxylic acids is 2. The van der Waals surface area contributed by atoms with Gasteiger partial charge in [0.2, 0.25) is 0 Å². The quantitative estimate of drug-likeness (QED) is 0.383. The molecule has 0 aromatic heterocycles. The first-order valence-electron chi connectivity index (χ1n) is 9.72. The van der Waals surface area contributed by atoms with Gasteiger partial charge in [-0.25, -0.2) is 9.79 Å². The zero-order chi connectivity index (χ0) is 23.4. The Labute approximate surface area is 199 Å². The maximum atomic E-state index is 12.8. The predicted octanol–water partition coefficient (Wildman–Crippen LogP) is 5.27. The van der Waals surface area contributed by atoms with Crippen LogP contribution in [0.5, 0.6) is 11.5 Å². The number of aliphatic imine (C=N–C) groups is 1. The van der Waals surface area contributed by atoms with E-state index < -0.39 is 5.97 Å². The van der Waals surface area contributed by atoms with Crippen LogP contribution < -0.4 is 9.47 Å². The van der Waals surface area contributed by atoms with Crippen molar-refractivity contribution in [2.45, 2.75) is 20.0 Å². The Morgan fingerprint density at radius 3 is 2.62 bits per heavy atom. The van der Waals surface area contributed by atoms with Crippen molar-refractivity contribution < 1.29 is 23.8 Å². The van der Waals surface area contributed by atoms with E-state index in [-0.39, 0.29) is 12.0 Å². The lowest BCUT2D eigenvalue weighted by Gasteiger charge is -2.16. The standard InChI is InChI=1S/C23H23BrN2O5S/c1-13(2)31-20-17(24)9-14(10-18(20)29-4)11-19-21(27)26(3)23(32-19)25-16-8-6-7-15(12-16)22(28)30-5/h6-13H,1-5H3. The Morgan fingerprint density at radius 2 is 1.97 bits per heavy atom. The summed E-state index contributed by atoms with van der Waals surface area (Å²) in [6.45, 7) is 3.88. The molecule has 0 N–H and O–H groups in total. The summed E-state index contributed by atoms with van der Waals surface area (Å²) in [6.07, 6.45) is 1.77. The lowest BCUT2D eigenvalue weighted by Crippen LogP contribution is -2.23. The molecule has 2 aromatic rings. The van der Waals surface area contributed by atoms with Gasteiger partial charge >= 0.3 is 5.97 Å². The van der Waals surface area contributed by atoms with Crippen molar-refractivity contribution in [2.75, 3.05) is 21.3 Å².